The van der Waals surface area contributed by atoms with Crippen LogP contribution in [0.1, 0.15) is 0 Å². The third kappa shape index (κ3) is 12.9. The Labute approximate surface area is 211 Å². The molecule has 2 aromatic rings. The SMILES string of the molecule is [B]C(=O)NC(CSc1ccc(F)cc1)C(=O)O.[B]C(=O)NC(CSc1ccc(F)cc1)C(=O)OC. The fraction of sp³-hybridized carbons (Fsp3) is 0.238. The predicted molar refractivity (Wildman–Crippen MR) is 130 cm³/mol. The Morgan fingerprint density at radius 1 is 0.829 bits per heavy atom. The number of nitrogens with one attached hydrogen (secondary N) is 2. The first-order valence-electron chi connectivity index (χ1n) is 9.71. The number of halogens is 2. The molecule has 3 N–H and O–H groups in total. The highest BCUT2D eigenvalue weighted by molar-refractivity contribution is 7.99. The lowest BCUT2D eigenvalue weighted by atomic mass is 10.1. The summed E-state index contributed by atoms with van der Waals surface area (Å²) in [6, 6.07) is 9.52. The Bertz CT molecular complexity index is 1000. The maximum atomic E-state index is 12.7. The van der Waals surface area contributed by atoms with Crippen molar-refractivity contribution in [3.05, 3.63) is 60.2 Å². The number of hydrogen-bond donors (Lipinski definition) is 3. The number of rotatable bonds is 10. The van der Waals surface area contributed by atoms with E-state index in [2.05, 4.69) is 15.4 Å². The number of hydrogen-bond acceptors (Lipinski definition) is 7. The zero-order chi connectivity index (χ0) is 26.4. The molecule has 0 bridgehead atoms. The summed E-state index contributed by atoms with van der Waals surface area (Å²) >= 11 is 2.47. The van der Waals surface area contributed by atoms with Gasteiger partial charge in [-0.2, -0.15) is 0 Å². The molecule has 0 aliphatic rings. The van der Waals surface area contributed by atoms with Gasteiger partial charge in [0.05, 0.1) is 7.11 Å². The number of amides is 2. The molecule has 8 nitrogen and oxygen atoms in total. The lowest BCUT2D eigenvalue weighted by Crippen LogP contribution is -2.42. The molecule has 0 saturated heterocycles. The highest BCUT2D eigenvalue weighted by atomic mass is 32.2. The van der Waals surface area contributed by atoms with E-state index in [1.54, 1.807) is 12.1 Å². The minimum atomic E-state index is -1.17. The van der Waals surface area contributed by atoms with E-state index in [0.29, 0.717) is 4.90 Å². The molecule has 0 aliphatic heterocycles. The second-order valence-electron chi connectivity index (χ2n) is 6.51. The highest BCUT2D eigenvalue weighted by Gasteiger charge is 2.20. The Balaban J connectivity index is 0.000000351. The van der Waals surface area contributed by atoms with Gasteiger partial charge >= 0.3 is 11.9 Å². The topological polar surface area (TPSA) is 122 Å². The molecule has 2 unspecified atom stereocenters. The molecule has 2 atom stereocenters. The van der Waals surface area contributed by atoms with Gasteiger partial charge in [0.1, 0.15) is 23.7 Å². The summed E-state index contributed by atoms with van der Waals surface area (Å²) in [7, 11) is 11.0. The maximum absolute atomic E-state index is 12.7. The second-order valence-corrected chi connectivity index (χ2v) is 8.70. The quantitative estimate of drug-likeness (QED) is 0.249. The summed E-state index contributed by atoms with van der Waals surface area (Å²) in [5, 5.41) is 13.2. The van der Waals surface area contributed by atoms with Crippen LogP contribution in [0.5, 0.6) is 0 Å². The van der Waals surface area contributed by atoms with Crippen molar-refractivity contribution in [3.8, 4) is 0 Å². The van der Waals surface area contributed by atoms with Gasteiger partial charge in [-0.1, -0.05) is 0 Å². The number of carbonyl (C=O) groups is 4. The summed E-state index contributed by atoms with van der Waals surface area (Å²) in [6.45, 7) is 0. The number of thioether (sulfide) groups is 2. The van der Waals surface area contributed by atoms with Crippen molar-refractivity contribution < 1.29 is 37.8 Å². The van der Waals surface area contributed by atoms with Crippen LogP contribution >= 0.6 is 23.5 Å². The first-order valence-corrected chi connectivity index (χ1v) is 11.7. The van der Waals surface area contributed by atoms with Crippen LogP contribution in [-0.2, 0) is 14.3 Å². The van der Waals surface area contributed by atoms with Crippen molar-refractivity contribution in [1.82, 2.24) is 10.6 Å². The average molecular weight is 520 g/mol. The number of aliphatic carboxylic acids is 1. The molecular weight excluding hydrogens is 500 g/mol. The average Bonchev–Trinajstić information content (AvgIpc) is 2.80. The molecule has 14 heteroatoms. The van der Waals surface area contributed by atoms with Crippen LogP contribution in [0.15, 0.2) is 58.3 Å². The number of ether oxygens (including phenoxy) is 1. The van der Waals surface area contributed by atoms with Crippen LogP contribution in [0, 0.1) is 11.6 Å². The van der Waals surface area contributed by atoms with E-state index >= 15 is 0 Å². The van der Waals surface area contributed by atoms with Crippen molar-refractivity contribution in [2.75, 3.05) is 18.6 Å². The third-order valence-electron chi connectivity index (χ3n) is 3.88. The Hall–Kier alpha value is -2.99. The van der Waals surface area contributed by atoms with Gasteiger partial charge in [-0.15, -0.1) is 23.5 Å². The predicted octanol–water partition coefficient (Wildman–Crippen LogP) is 2.59. The standard InChI is InChI=1S/C11H11BFNO3S.C10H9BFNO3S/c1-17-10(15)9(14-11(12)16)6-18-8-4-2-7(13)3-5-8;11-10(16)13-8(9(14)15)5-17-7-3-1-6(12)2-4-7/h2-5,9H,6H2,1H3,(H,14,16);1-4,8H,5H2,(H,13,16)(H,14,15). The van der Waals surface area contributed by atoms with Gasteiger partial charge in [-0.05, 0) is 48.5 Å². The number of benzene rings is 2. The van der Waals surface area contributed by atoms with Gasteiger partial charge in [-0.3, -0.25) is 9.59 Å². The van der Waals surface area contributed by atoms with E-state index in [0.717, 1.165) is 4.90 Å². The number of methoxy groups -OCH3 is 1. The minimum absolute atomic E-state index is 0.115. The smallest absolute Gasteiger partial charge is 0.329 e. The summed E-state index contributed by atoms with van der Waals surface area (Å²) in [4.78, 5) is 44.9. The summed E-state index contributed by atoms with van der Waals surface area (Å²) in [5.74, 6) is -3.77. The fourth-order valence-corrected chi connectivity index (χ4v) is 4.07. The number of carboxylic acid groups (broad SMARTS) is 1. The van der Waals surface area contributed by atoms with Crippen molar-refractivity contribution in [1.29, 1.82) is 0 Å². The molecule has 0 heterocycles. The molecule has 2 amide bonds. The molecule has 0 fully saturated rings. The molecule has 2 rings (SSSR count). The molecule has 35 heavy (non-hydrogen) atoms. The molecule has 4 radical (unpaired) electrons. The van der Waals surface area contributed by atoms with Crippen LogP contribution in [-0.4, -0.2) is 75.0 Å². The molecule has 182 valence electrons. The van der Waals surface area contributed by atoms with Crippen molar-refractivity contribution in [3.63, 3.8) is 0 Å². The van der Waals surface area contributed by atoms with Crippen LogP contribution in [0.2, 0.25) is 0 Å². The summed E-state index contributed by atoms with van der Waals surface area (Å²) in [6.07, 6.45) is 0. The van der Waals surface area contributed by atoms with Crippen molar-refractivity contribution in [2.45, 2.75) is 21.9 Å². The van der Waals surface area contributed by atoms with Gasteiger partial charge < -0.3 is 20.5 Å². The van der Waals surface area contributed by atoms with Gasteiger partial charge in [0.25, 0.3) is 0 Å². The van der Waals surface area contributed by atoms with Crippen LogP contribution in [0.25, 0.3) is 0 Å². The van der Waals surface area contributed by atoms with Crippen LogP contribution in [0.4, 0.5) is 18.4 Å². The zero-order valence-corrected chi connectivity index (χ0v) is 20.0. The minimum Gasteiger partial charge on any atom is -0.480 e. The third-order valence-corrected chi connectivity index (χ3v) is 6.09. The molecule has 0 spiro atoms. The Kier molecular flexibility index (Phi) is 13.6. The van der Waals surface area contributed by atoms with Gasteiger partial charge in [-0.25, -0.2) is 18.4 Å². The van der Waals surface area contributed by atoms with Gasteiger partial charge in [0.15, 0.2) is 11.6 Å². The lowest BCUT2D eigenvalue weighted by molar-refractivity contribution is -0.142. The number of carbonyl (C=O) groups excluding carboxylic acids is 3. The second kappa shape index (κ2) is 15.8. The Morgan fingerprint density at radius 2 is 1.20 bits per heavy atom. The molecule has 0 saturated carbocycles. The van der Waals surface area contributed by atoms with E-state index < -0.39 is 35.6 Å². The Morgan fingerprint density at radius 3 is 1.54 bits per heavy atom. The maximum Gasteiger partial charge on any atom is 0.329 e. The molecule has 0 aromatic heterocycles. The normalized spacial score (nSPS) is 11.7. The monoisotopic (exact) mass is 520 g/mol. The van der Waals surface area contributed by atoms with Gasteiger partial charge in [0.2, 0.25) is 15.7 Å². The van der Waals surface area contributed by atoms with Crippen LogP contribution in [0.3, 0.4) is 0 Å². The van der Waals surface area contributed by atoms with Crippen molar-refractivity contribution in [2.24, 2.45) is 0 Å². The van der Waals surface area contributed by atoms with Crippen molar-refractivity contribution >= 4 is 62.8 Å². The number of carboxylic acids is 1. The van der Waals surface area contributed by atoms with E-state index in [-0.39, 0.29) is 23.1 Å². The number of esters is 1. The largest absolute Gasteiger partial charge is 0.480 e. The van der Waals surface area contributed by atoms with E-state index in [1.165, 1.54) is 67.0 Å². The van der Waals surface area contributed by atoms with E-state index in [4.69, 9.17) is 20.8 Å². The summed E-state index contributed by atoms with van der Waals surface area (Å²) < 4.78 is 29.8. The van der Waals surface area contributed by atoms with E-state index in [9.17, 15) is 28.0 Å². The lowest BCUT2D eigenvalue weighted by Gasteiger charge is -2.15. The van der Waals surface area contributed by atoms with Gasteiger partial charge in [0, 0.05) is 21.3 Å². The highest BCUT2D eigenvalue weighted by Crippen LogP contribution is 2.20. The fourth-order valence-electron chi connectivity index (χ4n) is 2.25. The zero-order valence-electron chi connectivity index (χ0n) is 18.4. The van der Waals surface area contributed by atoms with Crippen LogP contribution < -0.4 is 10.6 Å². The van der Waals surface area contributed by atoms with E-state index in [1.807, 2.05) is 0 Å². The first kappa shape index (κ1) is 30.0. The summed E-state index contributed by atoms with van der Waals surface area (Å²) in [5.41, 5.74) is 0. The molecule has 2 aromatic carbocycles. The molecule has 0 aliphatic carbocycles. The molecular formula is C21H20B2F2N2O6S2. The first-order chi connectivity index (χ1) is 16.5.